The maximum atomic E-state index is 12.9. The van der Waals surface area contributed by atoms with Gasteiger partial charge in [0.1, 0.15) is 10.9 Å². The van der Waals surface area contributed by atoms with Crippen LogP contribution in [0, 0.1) is 6.92 Å². The van der Waals surface area contributed by atoms with Gasteiger partial charge in [-0.15, -0.1) is 0 Å². The second-order valence-corrected chi connectivity index (χ2v) is 8.47. The summed E-state index contributed by atoms with van der Waals surface area (Å²) in [7, 11) is 1.54. The molecule has 1 saturated heterocycles. The fourth-order valence-corrected chi connectivity index (χ4v) is 4.30. The largest absolute Gasteiger partial charge is 0.493 e. The minimum absolute atomic E-state index is 0.123. The molecule has 0 bridgehead atoms. The van der Waals surface area contributed by atoms with Gasteiger partial charge in [0, 0.05) is 0 Å². The molecule has 3 rings (SSSR count). The second-order valence-electron chi connectivity index (χ2n) is 6.39. The predicted octanol–water partition coefficient (Wildman–Crippen LogP) is 5.62. The van der Waals surface area contributed by atoms with Gasteiger partial charge in [0.25, 0.3) is 5.91 Å². The van der Waals surface area contributed by atoms with Crippen LogP contribution in [-0.2, 0) is 11.3 Å². The zero-order valence-corrected chi connectivity index (χ0v) is 18.5. The van der Waals surface area contributed by atoms with Gasteiger partial charge in [0.2, 0.25) is 0 Å². The molecule has 0 spiro atoms. The van der Waals surface area contributed by atoms with Gasteiger partial charge in [-0.05, 0) is 36.3 Å². The summed E-state index contributed by atoms with van der Waals surface area (Å²) in [6, 6.07) is 11.6. The molecule has 1 heterocycles. The zero-order chi connectivity index (χ0) is 21.0. The smallest absolute Gasteiger partial charge is 0.266 e. The van der Waals surface area contributed by atoms with E-state index in [0.717, 1.165) is 11.1 Å². The molecular formula is C22H20ClNO3S2. The number of halogens is 1. The van der Waals surface area contributed by atoms with Gasteiger partial charge >= 0.3 is 0 Å². The summed E-state index contributed by atoms with van der Waals surface area (Å²) in [4.78, 5) is 15.0. The lowest BCUT2D eigenvalue weighted by Crippen LogP contribution is -2.27. The lowest BCUT2D eigenvalue weighted by atomic mass is 10.1. The van der Waals surface area contributed by atoms with Crippen molar-refractivity contribution in [3.8, 4) is 11.5 Å². The first-order valence-corrected chi connectivity index (χ1v) is 10.5. The Morgan fingerprint density at radius 2 is 2.00 bits per heavy atom. The molecule has 0 atom stereocenters. The van der Waals surface area contributed by atoms with Crippen LogP contribution >= 0.6 is 35.6 Å². The summed E-state index contributed by atoms with van der Waals surface area (Å²) in [6.45, 7) is 6.41. The third-order valence-corrected chi connectivity index (χ3v) is 5.89. The lowest BCUT2D eigenvalue weighted by Gasteiger charge is -2.14. The van der Waals surface area contributed by atoms with E-state index < -0.39 is 0 Å². The van der Waals surface area contributed by atoms with Crippen molar-refractivity contribution in [2.45, 2.75) is 13.5 Å². The van der Waals surface area contributed by atoms with Crippen molar-refractivity contribution in [2.24, 2.45) is 0 Å². The average molecular weight is 446 g/mol. The topological polar surface area (TPSA) is 38.8 Å². The average Bonchev–Trinajstić information content (AvgIpc) is 2.95. The standard InChI is InChI=1S/C22H20ClNO3S2/c1-4-9-27-20-17(23)10-16(11-18(20)26-3)12-19-21(25)24(22(28)29-19)13-15-7-5-14(2)6-8-15/h4-8,10-12H,1,9,13H2,2-3H3/b19-12-. The van der Waals surface area contributed by atoms with Crippen molar-refractivity contribution in [1.29, 1.82) is 0 Å². The molecule has 150 valence electrons. The van der Waals surface area contributed by atoms with Gasteiger partial charge in [-0.1, -0.05) is 78.1 Å². The number of aryl methyl sites for hydroxylation is 1. The van der Waals surface area contributed by atoms with Gasteiger partial charge in [0.15, 0.2) is 11.5 Å². The van der Waals surface area contributed by atoms with Gasteiger partial charge in [-0.25, -0.2) is 0 Å². The van der Waals surface area contributed by atoms with E-state index in [4.69, 9.17) is 33.3 Å². The highest BCUT2D eigenvalue weighted by Crippen LogP contribution is 2.39. The van der Waals surface area contributed by atoms with Crippen molar-refractivity contribution in [3.05, 3.63) is 75.7 Å². The summed E-state index contributed by atoms with van der Waals surface area (Å²) in [5, 5.41) is 0.396. The van der Waals surface area contributed by atoms with E-state index in [-0.39, 0.29) is 5.91 Å². The summed E-state index contributed by atoms with van der Waals surface area (Å²) < 4.78 is 11.5. The van der Waals surface area contributed by atoms with Crippen molar-refractivity contribution in [3.63, 3.8) is 0 Å². The monoisotopic (exact) mass is 445 g/mol. The first-order chi connectivity index (χ1) is 13.9. The van der Waals surface area contributed by atoms with Gasteiger partial charge < -0.3 is 9.47 Å². The number of carbonyl (C=O) groups is 1. The quantitative estimate of drug-likeness (QED) is 0.314. The Kier molecular flexibility index (Phi) is 7.00. The normalized spacial score (nSPS) is 15.1. The molecule has 1 aliphatic rings. The number of benzene rings is 2. The van der Waals surface area contributed by atoms with Crippen LogP contribution in [-0.4, -0.2) is 28.8 Å². The number of carbonyl (C=O) groups excluding carboxylic acids is 1. The Balaban J connectivity index is 1.84. The molecule has 2 aromatic rings. The first-order valence-electron chi connectivity index (χ1n) is 8.85. The summed E-state index contributed by atoms with van der Waals surface area (Å²) in [6.07, 6.45) is 3.39. The fourth-order valence-electron chi connectivity index (χ4n) is 2.77. The van der Waals surface area contributed by atoms with E-state index in [1.54, 1.807) is 29.2 Å². The number of hydrogen-bond acceptors (Lipinski definition) is 5. The number of ether oxygens (including phenoxy) is 2. The first kappa shape index (κ1) is 21.4. The van der Waals surface area contributed by atoms with Crippen LogP contribution < -0.4 is 9.47 Å². The highest BCUT2D eigenvalue weighted by molar-refractivity contribution is 8.26. The Hall–Kier alpha value is -2.28. The van der Waals surface area contributed by atoms with E-state index in [9.17, 15) is 4.79 Å². The third-order valence-electron chi connectivity index (χ3n) is 4.23. The number of methoxy groups -OCH3 is 1. The third kappa shape index (κ3) is 5.01. The number of nitrogens with zero attached hydrogens (tertiary/aromatic N) is 1. The highest BCUT2D eigenvalue weighted by Gasteiger charge is 2.32. The molecule has 0 radical (unpaired) electrons. The van der Waals surface area contributed by atoms with Crippen molar-refractivity contribution < 1.29 is 14.3 Å². The Labute approximate surface area is 185 Å². The molecular weight excluding hydrogens is 426 g/mol. The maximum Gasteiger partial charge on any atom is 0.266 e. The van der Waals surface area contributed by atoms with E-state index in [2.05, 4.69) is 6.58 Å². The molecule has 1 aliphatic heterocycles. The molecule has 29 heavy (non-hydrogen) atoms. The maximum absolute atomic E-state index is 12.9. The molecule has 0 N–H and O–H groups in total. The summed E-state index contributed by atoms with van der Waals surface area (Å²) >= 11 is 13.1. The van der Waals surface area contributed by atoms with Crippen molar-refractivity contribution in [2.75, 3.05) is 13.7 Å². The molecule has 1 fully saturated rings. The van der Waals surface area contributed by atoms with Crippen molar-refractivity contribution in [1.82, 2.24) is 4.90 Å². The van der Waals surface area contributed by atoms with Crippen LogP contribution in [0.25, 0.3) is 6.08 Å². The Morgan fingerprint density at radius 1 is 1.28 bits per heavy atom. The number of thioether (sulfide) groups is 1. The molecule has 2 aromatic carbocycles. The van der Waals surface area contributed by atoms with Crippen LogP contribution in [0.2, 0.25) is 5.02 Å². The van der Waals surface area contributed by atoms with E-state index in [1.807, 2.05) is 31.2 Å². The fraction of sp³-hybridized carbons (Fsp3) is 0.182. The predicted molar refractivity (Wildman–Crippen MR) is 124 cm³/mol. The van der Waals surface area contributed by atoms with Crippen LogP contribution in [0.3, 0.4) is 0 Å². The number of amides is 1. The van der Waals surface area contributed by atoms with Gasteiger partial charge in [-0.2, -0.15) is 0 Å². The molecule has 1 amide bonds. The van der Waals surface area contributed by atoms with Crippen LogP contribution in [0.15, 0.2) is 54.0 Å². The van der Waals surface area contributed by atoms with Gasteiger partial charge in [-0.3, -0.25) is 9.69 Å². The molecule has 0 unspecified atom stereocenters. The lowest BCUT2D eigenvalue weighted by molar-refractivity contribution is -0.122. The molecule has 4 nitrogen and oxygen atoms in total. The number of thiocarbonyl (C=S) groups is 1. The Morgan fingerprint density at radius 3 is 2.66 bits per heavy atom. The zero-order valence-electron chi connectivity index (χ0n) is 16.1. The minimum Gasteiger partial charge on any atom is -0.493 e. The van der Waals surface area contributed by atoms with E-state index >= 15 is 0 Å². The molecule has 7 heteroatoms. The van der Waals surface area contributed by atoms with E-state index in [0.29, 0.717) is 38.9 Å². The van der Waals surface area contributed by atoms with E-state index in [1.165, 1.54) is 24.4 Å². The molecule has 0 aromatic heterocycles. The number of hydrogen-bond donors (Lipinski definition) is 0. The summed E-state index contributed by atoms with van der Waals surface area (Å²) in [5.74, 6) is 0.807. The number of rotatable bonds is 7. The van der Waals surface area contributed by atoms with Crippen LogP contribution in [0.4, 0.5) is 0 Å². The molecule has 0 saturated carbocycles. The van der Waals surface area contributed by atoms with Crippen LogP contribution in [0.1, 0.15) is 16.7 Å². The van der Waals surface area contributed by atoms with Crippen LogP contribution in [0.5, 0.6) is 11.5 Å². The Bertz CT molecular complexity index is 986. The second kappa shape index (κ2) is 9.48. The van der Waals surface area contributed by atoms with Crippen molar-refractivity contribution >= 4 is 51.9 Å². The van der Waals surface area contributed by atoms with Gasteiger partial charge in [0.05, 0.1) is 23.6 Å². The summed E-state index contributed by atoms with van der Waals surface area (Å²) in [5.41, 5.74) is 2.93. The highest BCUT2D eigenvalue weighted by atomic mass is 35.5. The SMILES string of the molecule is C=CCOc1c(Cl)cc(/C=C2\SC(=S)N(Cc3ccc(C)cc3)C2=O)cc1OC. The molecule has 0 aliphatic carbocycles. The minimum atomic E-state index is -0.123.